The average Bonchev–Trinajstić information content (AvgIpc) is 4.03. The summed E-state index contributed by atoms with van der Waals surface area (Å²) < 4.78 is 12.3. The Hall–Kier alpha value is -4.64. The second kappa shape index (κ2) is 21.8. The van der Waals surface area contributed by atoms with Gasteiger partial charge in [0.15, 0.2) is 0 Å². The van der Waals surface area contributed by atoms with Crippen LogP contribution < -0.4 is 9.47 Å². The molecule has 330 valence electrons. The summed E-state index contributed by atoms with van der Waals surface area (Å²) in [5, 5.41) is 0. The second-order valence-corrected chi connectivity index (χ2v) is 20.8. The summed E-state index contributed by atoms with van der Waals surface area (Å²) in [6.07, 6.45) is 16.2. The zero-order valence-corrected chi connectivity index (χ0v) is 41.0. The van der Waals surface area contributed by atoms with Gasteiger partial charge in [0.1, 0.15) is 11.5 Å². The van der Waals surface area contributed by atoms with Crippen molar-refractivity contribution in [3.63, 3.8) is 0 Å². The maximum atomic E-state index is 6.16. The van der Waals surface area contributed by atoms with Gasteiger partial charge in [-0.1, -0.05) is 88.1 Å². The Bertz CT molecular complexity index is 2280. The fraction of sp³-hybridized carbons (Fsp3) is 0.390. The van der Waals surface area contributed by atoms with Crippen molar-refractivity contribution in [2.45, 2.75) is 125 Å². The number of fused-ring (bicyclic) bond motifs is 3. The van der Waals surface area contributed by atoms with E-state index in [0.717, 1.165) is 76.1 Å². The predicted octanol–water partition coefficient (Wildman–Crippen LogP) is 18.6. The Kier molecular flexibility index (Phi) is 16.1. The van der Waals surface area contributed by atoms with Crippen molar-refractivity contribution in [2.75, 3.05) is 13.2 Å². The molecule has 4 heteroatoms. The van der Waals surface area contributed by atoms with Gasteiger partial charge in [0.05, 0.1) is 13.2 Å². The Labute approximate surface area is 388 Å². The average molecular weight is 875 g/mol. The summed E-state index contributed by atoms with van der Waals surface area (Å²) in [5.74, 6) is 3.22. The monoisotopic (exact) mass is 874 g/mol. The van der Waals surface area contributed by atoms with Crippen LogP contribution in [0.1, 0.15) is 131 Å². The third kappa shape index (κ3) is 11.6. The van der Waals surface area contributed by atoms with E-state index in [1.54, 1.807) is 0 Å². The highest BCUT2D eigenvalue weighted by atomic mass is 32.1. The first-order valence-corrected chi connectivity index (χ1v) is 25.4. The molecule has 1 aliphatic carbocycles. The molecule has 2 aromatic heterocycles. The Morgan fingerprint density at radius 3 is 1.22 bits per heavy atom. The van der Waals surface area contributed by atoms with Crippen LogP contribution in [0.5, 0.6) is 11.5 Å². The SMILES string of the molecule is CCCC1(CCC)c2cc(-c3ccc(-c4ccc(OCC[C@H](C)CCC=C(C)C)cc4)s3)ccc2-c2ccc(-c3ccc(-c4ccc(OCC[C@H](C)CCC=C(C)C)cc4)s3)cc21. The van der Waals surface area contributed by atoms with Crippen molar-refractivity contribution in [3.05, 3.63) is 144 Å². The molecule has 2 atom stereocenters. The number of ether oxygens (including phenoxy) is 2. The molecule has 7 rings (SSSR count). The highest BCUT2D eigenvalue weighted by Gasteiger charge is 2.42. The summed E-state index contributed by atoms with van der Waals surface area (Å²) in [7, 11) is 0. The van der Waals surface area contributed by atoms with Gasteiger partial charge in [-0.2, -0.15) is 0 Å². The summed E-state index contributed by atoms with van der Waals surface area (Å²) in [6.45, 7) is 19.6. The minimum atomic E-state index is -0.00118. The number of rotatable bonds is 22. The van der Waals surface area contributed by atoms with Crippen LogP contribution in [0.15, 0.2) is 132 Å². The lowest BCUT2D eigenvalue weighted by Crippen LogP contribution is -2.25. The van der Waals surface area contributed by atoms with Gasteiger partial charge < -0.3 is 9.47 Å². The molecule has 0 bridgehead atoms. The van der Waals surface area contributed by atoms with Gasteiger partial charge in [-0.15, -0.1) is 22.7 Å². The van der Waals surface area contributed by atoms with Crippen molar-refractivity contribution >= 4 is 22.7 Å². The van der Waals surface area contributed by atoms with Crippen molar-refractivity contribution in [1.29, 1.82) is 0 Å². The Morgan fingerprint density at radius 1 is 0.492 bits per heavy atom. The quantitative estimate of drug-likeness (QED) is 0.0633. The lowest BCUT2D eigenvalue weighted by molar-refractivity contribution is 0.279. The molecule has 2 heterocycles. The topological polar surface area (TPSA) is 18.5 Å². The molecule has 0 radical (unpaired) electrons. The van der Waals surface area contributed by atoms with Crippen LogP contribution >= 0.6 is 22.7 Å². The van der Waals surface area contributed by atoms with Gasteiger partial charge in [0.2, 0.25) is 0 Å². The van der Waals surface area contributed by atoms with Gasteiger partial charge in [-0.25, -0.2) is 0 Å². The van der Waals surface area contributed by atoms with E-state index in [2.05, 4.69) is 177 Å². The minimum Gasteiger partial charge on any atom is -0.494 e. The first kappa shape index (κ1) is 46.4. The van der Waals surface area contributed by atoms with Crippen molar-refractivity contribution in [1.82, 2.24) is 0 Å². The maximum Gasteiger partial charge on any atom is 0.119 e. The third-order valence-corrected chi connectivity index (χ3v) is 15.3. The van der Waals surface area contributed by atoms with E-state index in [-0.39, 0.29) is 5.41 Å². The number of hydrogen-bond donors (Lipinski definition) is 0. The molecule has 2 nitrogen and oxygen atoms in total. The van der Waals surface area contributed by atoms with Crippen LogP contribution in [0.3, 0.4) is 0 Å². The highest BCUT2D eigenvalue weighted by molar-refractivity contribution is 7.19. The highest BCUT2D eigenvalue weighted by Crippen LogP contribution is 2.56. The van der Waals surface area contributed by atoms with Gasteiger partial charge in [0.25, 0.3) is 0 Å². The molecule has 0 spiro atoms. The summed E-state index contributed by atoms with van der Waals surface area (Å²) in [6, 6.07) is 41.2. The van der Waals surface area contributed by atoms with E-state index in [0.29, 0.717) is 11.8 Å². The second-order valence-electron chi connectivity index (χ2n) is 18.7. The van der Waals surface area contributed by atoms with Crippen LogP contribution in [0, 0.1) is 11.8 Å². The summed E-state index contributed by atoms with van der Waals surface area (Å²) in [4.78, 5) is 5.22. The standard InChI is InChI=1S/C59H70O2S2/c1-9-35-59(36-10-2)53-39-47(57-31-29-55(62-57)45-17-23-49(24-18-45)60-37-33-43(7)15-11-13-41(3)4)21-27-51(53)52-28-22-48(40-54(52)59)58-32-30-56(63-58)46-19-25-50(26-20-46)61-38-34-44(8)16-12-14-42(5)6/h13-14,17-32,39-40,43-44H,9-12,15-16,33-38H2,1-8H3/t43-,44-/m1/s1. The Morgan fingerprint density at radius 2 is 0.857 bits per heavy atom. The lowest BCUT2D eigenvalue weighted by Gasteiger charge is -2.32. The molecule has 0 saturated heterocycles. The molecule has 4 aromatic carbocycles. The molecule has 6 aromatic rings. The molecule has 0 N–H and O–H groups in total. The van der Waals surface area contributed by atoms with Crippen molar-refractivity contribution in [2.24, 2.45) is 11.8 Å². The maximum absolute atomic E-state index is 6.16. The molecule has 0 aliphatic heterocycles. The number of hydrogen-bond acceptors (Lipinski definition) is 4. The van der Waals surface area contributed by atoms with Crippen LogP contribution in [0.2, 0.25) is 0 Å². The molecular formula is C59H70O2S2. The Balaban J connectivity index is 1.04. The van der Waals surface area contributed by atoms with E-state index < -0.39 is 0 Å². The largest absolute Gasteiger partial charge is 0.494 e. The van der Waals surface area contributed by atoms with E-state index in [1.165, 1.54) is 88.0 Å². The predicted molar refractivity (Wildman–Crippen MR) is 276 cm³/mol. The van der Waals surface area contributed by atoms with Gasteiger partial charge in [-0.3, -0.25) is 0 Å². The molecule has 0 saturated carbocycles. The third-order valence-electron chi connectivity index (χ3n) is 13.0. The van der Waals surface area contributed by atoms with Crippen LogP contribution in [-0.2, 0) is 5.41 Å². The number of thiophene rings is 2. The van der Waals surface area contributed by atoms with Crippen LogP contribution in [0.25, 0.3) is 52.9 Å². The molecule has 0 fully saturated rings. The minimum absolute atomic E-state index is 0.00118. The summed E-state index contributed by atoms with van der Waals surface area (Å²) >= 11 is 3.78. The molecular weight excluding hydrogens is 805 g/mol. The number of benzene rings is 4. The van der Waals surface area contributed by atoms with Gasteiger partial charge in [0, 0.05) is 24.9 Å². The zero-order valence-electron chi connectivity index (χ0n) is 39.3. The van der Waals surface area contributed by atoms with E-state index in [9.17, 15) is 0 Å². The zero-order chi connectivity index (χ0) is 44.3. The van der Waals surface area contributed by atoms with E-state index >= 15 is 0 Å². The molecule has 63 heavy (non-hydrogen) atoms. The fourth-order valence-electron chi connectivity index (χ4n) is 9.40. The van der Waals surface area contributed by atoms with Gasteiger partial charge in [-0.05, 0) is 220 Å². The molecule has 0 unspecified atom stereocenters. The number of allylic oxidation sites excluding steroid dienone is 4. The van der Waals surface area contributed by atoms with Crippen LogP contribution in [-0.4, -0.2) is 13.2 Å². The van der Waals surface area contributed by atoms with Crippen LogP contribution in [0.4, 0.5) is 0 Å². The lowest BCUT2D eigenvalue weighted by atomic mass is 9.71. The van der Waals surface area contributed by atoms with Crippen molar-refractivity contribution in [3.8, 4) is 64.4 Å². The first-order valence-electron chi connectivity index (χ1n) is 23.8. The molecule has 0 amide bonds. The van der Waals surface area contributed by atoms with E-state index in [1.807, 2.05) is 22.7 Å². The van der Waals surface area contributed by atoms with Crippen molar-refractivity contribution < 1.29 is 9.47 Å². The normalized spacial score (nSPS) is 13.5. The smallest absolute Gasteiger partial charge is 0.119 e. The summed E-state index contributed by atoms with van der Waals surface area (Å²) in [5.41, 5.74) is 13.7. The van der Waals surface area contributed by atoms with Gasteiger partial charge >= 0.3 is 0 Å². The first-order chi connectivity index (χ1) is 30.6. The fourth-order valence-corrected chi connectivity index (χ4v) is 11.4. The molecule has 1 aliphatic rings. The van der Waals surface area contributed by atoms with E-state index in [4.69, 9.17) is 9.47 Å².